The van der Waals surface area contributed by atoms with Crippen molar-refractivity contribution in [3.63, 3.8) is 0 Å². The van der Waals surface area contributed by atoms with E-state index in [0.717, 1.165) is 0 Å². The summed E-state index contributed by atoms with van der Waals surface area (Å²) in [6, 6.07) is 3.28. The summed E-state index contributed by atoms with van der Waals surface area (Å²) in [6.45, 7) is 0. The summed E-state index contributed by atoms with van der Waals surface area (Å²) in [5.74, 6) is -0.315. The summed E-state index contributed by atoms with van der Waals surface area (Å²) in [5.41, 5.74) is -0.326. The minimum Gasteiger partial charge on any atom is -0.493 e. The lowest BCUT2D eigenvalue weighted by Gasteiger charge is -2.14. The molecule has 4 heteroatoms. The Bertz CT molecular complexity index is 375. The Morgan fingerprint density at radius 2 is 2.14 bits per heavy atom. The normalized spacial score (nSPS) is 18.0. The van der Waals surface area contributed by atoms with Crippen molar-refractivity contribution in [2.75, 3.05) is 7.11 Å². The number of halogens is 2. The zero-order valence-corrected chi connectivity index (χ0v) is 9.27. The van der Waals surface area contributed by atoms with Gasteiger partial charge in [-0.05, 0) is 34.8 Å². The van der Waals surface area contributed by atoms with E-state index in [9.17, 15) is 9.50 Å². The van der Waals surface area contributed by atoms with Gasteiger partial charge in [0.05, 0.1) is 17.2 Å². The molecule has 2 rings (SSSR count). The summed E-state index contributed by atoms with van der Waals surface area (Å²) >= 11 is 3.07. The van der Waals surface area contributed by atoms with Crippen LogP contribution in [-0.4, -0.2) is 12.2 Å². The third-order valence-corrected chi connectivity index (χ3v) is 3.09. The molecule has 2 nitrogen and oxygen atoms in total. The Balaban J connectivity index is 2.55. The number of hydrogen-bond acceptors (Lipinski definition) is 2. The van der Waals surface area contributed by atoms with Crippen LogP contribution in [0, 0.1) is 5.82 Å². The van der Waals surface area contributed by atoms with E-state index in [2.05, 4.69) is 15.9 Å². The van der Waals surface area contributed by atoms with Gasteiger partial charge in [-0.2, -0.15) is 0 Å². The van der Waals surface area contributed by atoms with Crippen LogP contribution in [0.5, 0.6) is 5.75 Å². The van der Waals surface area contributed by atoms with Crippen LogP contribution in [0.4, 0.5) is 4.39 Å². The van der Waals surface area contributed by atoms with Crippen LogP contribution in [0.1, 0.15) is 18.4 Å². The largest absolute Gasteiger partial charge is 0.493 e. The Morgan fingerprint density at radius 3 is 2.64 bits per heavy atom. The smallest absolute Gasteiger partial charge is 0.179 e. The maximum Gasteiger partial charge on any atom is 0.179 e. The van der Waals surface area contributed by atoms with Crippen molar-refractivity contribution in [3.8, 4) is 5.75 Å². The van der Waals surface area contributed by atoms with E-state index in [1.165, 1.54) is 7.11 Å². The number of hydrogen-bond donors (Lipinski definition) is 1. The standard InChI is InChI=1S/C10H10BrFO2/c1-14-9-6(10(13)4-5-10)2-3-7(11)8(9)12/h2-3,13H,4-5H2,1H3. The molecule has 0 bridgehead atoms. The molecule has 0 atom stereocenters. The van der Waals surface area contributed by atoms with Crippen molar-refractivity contribution in [2.24, 2.45) is 0 Å². The van der Waals surface area contributed by atoms with Crippen LogP contribution in [0.3, 0.4) is 0 Å². The molecule has 0 aromatic heterocycles. The van der Waals surface area contributed by atoms with E-state index in [4.69, 9.17) is 4.74 Å². The lowest BCUT2D eigenvalue weighted by Crippen LogP contribution is -2.08. The fourth-order valence-corrected chi connectivity index (χ4v) is 1.80. The molecule has 0 heterocycles. The fourth-order valence-electron chi connectivity index (χ4n) is 1.49. The van der Waals surface area contributed by atoms with E-state index in [1.807, 2.05) is 0 Å². The highest BCUT2D eigenvalue weighted by atomic mass is 79.9. The van der Waals surface area contributed by atoms with E-state index < -0.39 is 11.4 Å². The van der Waals surface area contributed by atoms with Crippen molar-refractivity contribution in [1.29, 1.82) is 0 Å². The molecule has 1 N–H and O–H groups in total. The SMILES string of the molecule is COc1c(C2(O)CC2)ccc(Br)c1F. The van der Waals surface area contributed by atoms with Crippen LogP contribution in [-0.2, 0) is 5.60 Å². The first-order chi connectivity index (χ1) is 6.58. The van der Waals surface area contributed by atoms with E-state index >= 15 is 0 Å². The number of aliphatic hydroxyl groups is 1. The summed E-state index contributed by atoms with van der Waals surface area (Å²) in [6.07, 6.45) is 1.34. The van der Waals surface area contributed by atoms with E-state index in [0.29, 0.717) is 22.9 Å². The second-order valence-corrected chi connectivity index (χ2v) is 4.33. The van der Waals surface area contributed by atoms with Crippen molar-refractivity contribution in [3.05, 3.63) is 28.0 Å². The fraction of sp³-hybridized carbons (Fsp3) is 0.400. The van der Waals surface area contributed by atoms with Crippen LogP contribution in [0.15, 0.2) is 16.6 Å². The lowest BCUT2D eigenvalue weighted by molar-refractivity contribution is 0.146. The summed E-state index contributed by atoms with van der Waals surface area (Å²) in [5, 5.41) is 9.87. The molecule has 0 spiro atoms. The van der Waals surface area contributed by atoms with Crippen molar-refractivity contribution < 1.29 is 14.2 Å². The highest BCUT2D eigenvalue weighted by molar-refractivity contribution is 9.10. The topological polar surface area (TPSA) is 29.5 Å². The molecule has 1 aromatic carbocycles. The number of methoxy groups -OCH3 is 1. The van der Waals surface area contributed by atoms with Gasteiger partial charge in [-0.3, -0.25) is 0 Å². The Kier molecular flexibility index (Phi) is 2.27. The van der Waals surface area contributed by atoms with Gasteiger partial charge in [0, 0.05) is 5.56 Å². The van der Waals surface area contributed by atoms with Gasteiger partial charge >= 0.3 is 0 Å². The summed E-state index contributed by atoms with van der Waals surface area (Å²) < 4.78 is 18.8. The van der Waals surface area contributed by atoms with E-state index in [1.54, 1.807) is 12.1 Å². The average molecular weight is 261 g/mol. The Morgan fingerprint density at radius 1 is 1.50 bits per heavy atom. The van der Waals surface area contributed by atoms with Gasteiger partial charge in [0.15, 0.2) is 11.6 Å². The molecule has 1 saturated carbocycles. The van der Waals surface area contributed by atoms with Crippen LogP contribution in [0.25, 0.3) is 0 Å². The minimum absolute atomic E-state index is 0.138. The molecule has 0 unspecified atom stereocenters. The van der Waals surface area contributed by atoms with Gasteiger partial charge < -0.3 is 9.84 Å². The quantitative estimate of drug-likeness (QED) is 0.886. The highest BCUT2D eigenvalue weighted by Gasteiger charge is 2.45. The maximum absolute atomic E-state index is 13.5. The van der Waals surface area contributed by atoms with Crippen LogP contribution >= 0.6 is 15.9 Å². The van der Waals surface area contributed by atoms with Crippen LogP contribution < -0.4 is 4.74 Å². The second-order valence-electron chi connectivity index (χ2n) is 3.47. The number of rotatable bonds is 2. The molecular weight excluding hydrogens is 251 g/mol. The van der Waals surface area contributed by atoms with Gasteiger partial charge in [-0.15, -0.1) is 0 Å². The third-order valence-electron chi connectivity index (χ3n) is 2.48. The maximum atomic E-state index is 13.5. The average Bonchev–Trinajstić information content (AvgIpc) is 2.89. The van der Waals surface area contributed by atoms with Crippen molar-refractivity contribution in [2.45, 2.75) is 18.4 Å². The molecule has 0 amide bonds. The molecular formula is C10H10BrFO2. The van der Waals surface area contributed by atoms with Gasteiger partial charge in [0.25, 0.3) is 0 Å². The molecule has 0 saturated heterocycles. The minimum atomic E-state index is -0.868. The monoisotopic (exact) mass is 260 g/mol. The number of ether oxygens (including phenoxy) is 1. The first-order valence-corrected chi connectivity index (χ1v) is 5.12. The summed E-state index contributed by atoms with van der Waals surface area (Å²) in [7, 11) is 1.40. The summed E-state index contributed by atoms with van der Waals surface area (Å²) in [4.78, 5) is 0. The second kappa shape index (κ2) is 3.21. The molecule has 0 aliphatic heterocycles. The Labute approximate surface area is 89.8 Å². The Hall–Kier alpha value is -0.610. The third kappa shape index (κ3) is 1.42. The predicted molar refractivity (Wildman–Crippen MR) is 53.8 cm³/mol. The zero-order chi connectivity index (χ0) is 10.3. The predicted octanol–water partition coefficient (Wildman–Crippen LogP) is 2.58. The highest BCUT2D eigenvalue weighted by Crippen LogP contribution is 2.49. The molecule has 1 aliphatic rings. The van der Waals surface area contributed by atoms with Gasteiger partial charge in [0.1, 0.15) is 0 Å². The number of benzene rings is 1. The van der Waals surface area contributed by atoms with Crippen LogP contribution in [0.2, 0.25) is 0 Å². The molecule has 1 aromatic rings. The molecule has 1 fully saturated rings. The zero-order valence-electron chi connectivity index (χ0n) is 7.68. The molecule has 0 radical (unpaired) electrons. The van der Waals surface area contributed by atoms with E-state index in [-0.39, 0.29) is 5.75 Å². The first kappa shape index (κ1) is 9.93. The van der Waals surface area contributed by atoms with Gasteiger partial charge in [0.2, 0.25) is 0 Å². The lowest BCUT2D eigenvalue weighted by atomic mass is 10.1. The van der Waals surface area contributed by atoms with Crippen molar-refractivity contribution in [1.82, 2.24) is 0 Å². The van der Waals surface area contributed by atoms with Crippen molar-refractivity contribution >= 4 is 15.9 Å². The van der Waals surface area contributed by atoms with Gasteiger partial charge in [-0.25, -0.2) is 4.39 Å². The molecule has 76 valence electrons. The molecule has 14 heavy (non-hydrogen) atoms. The first-order valence-electron chi connectivity index (χ1n) is 4.33. The molecule has 1 aliphatic carbocycles. The van der Waals surface area contributed by atoms with Gasteiger partial charge in [-0.1, -0.05) is 6.07 Å².